The maximum absolute atomic E-state index is 5.15. The minimum absolute atomic E-state index is 0.612. The SMILES string of the molecule is COc1ccc(N/C=C/c2nnnn2-c2ccc(OC)cc2)cc1. The summed E-state index contributed by atoms with van der Waals surface area (Å²) in [5, 5.41) is 14.9. The van der Waals surface area contributed by atoms with E-state index in [-0.39, 0.29) is 0 Å². The van der Waals surface area contributed by atoms with Gasteiger partial charge in [-0.3, -0.25) is 0 Å². The standard InChI is InChI=1S/C17H17N5O2/c1-23-15-7-3-13(4-8-15)18-12-11-17-19-20-21-22(17)14-5-9-16(24-2)10-6-14/h3-12,18H,1-2H3/b12-11+. The van der Waals surface area contributed by atoms with E-state index in [4.69, 9.17) is 9.47 Å². The van der Waals surface area contributed by atoms with Gasteiger partial charge in [-0.25, -0.2) is 0 Å². The summed E-state index contributed by atoms with van der Waals surface area (Å²) >= 11 is 0. The Labute approximate surface area is 139 Å². The molecule has 0 amide bonds. The third-order valence-corrected chi connectivity index (χ3v) is 3.38. The third-order valence-electron chi connectivity index (χ3n) is 3.38. The number of benzene rings is 2. The van der Waals surface area contributed by atoms with Gasteiger partial charge < -0.3 is 14.8 Å². The van der Waals surface area contributed by atoms with Gasteiger partial charge in [0.1, 0.15) is 11.5 Å². The molecule has 0 unspecified atom stereocenters. The van der Waals surface area contributed by atoms with E-state index >= 15 is 0 Å². The van der Waals surface area contributed by atoms with Crippen LogP contribution < -0.4 is 14.8 Å². The maximum Gasteiger partial charge on any atom is 0.181 e. The van der Waals surface area contributed by atoms with Crippen molar-refractivity contribution >= 4 is 11.8 Å². The number of tetrazole rings is 1. The van der Waals surface area contributed by atoms with Crippen LogP contribution in [0.25, 0.3) is 11.8 Å². The molecule has 0 saturated carbocycles. The second-order valence-corrected chi connectivity index (χ2v) is 4.85. The van der Waals surface area contributed by atoms with E-state index in [1.54, 1.807) is 31.2 Å². The van der Waals surface area contributed by atoms with Gasteiger partial charge in [-0.2, -0.15) is 4.68 Å². The van der Waals surface area contributed by atoms with E-state index in [2.05, 4.69) is 20.8 Å². The number of hydrogen-bond acceptors (Lipinski definition) is 6. The first-order valence-corrected chi connectivity index (χ1v) is 7.30. The van der Waals surface area contributed by atoms with Crippen LogP contribution in [0.2, 0.25) is 0 Å². The molecule has 0 aliphatic carbocycles. The average molecular weight is 323 g/mol. The van der Waals surface area contributed by atoms with Crippen LogP contribution in [0.3, 0.4) is 0 Å². The zero-order chi connectivity index (χ0) is 16.8. The van der Waals surface area contributed by atoms with Crippen molar-refractivity contribution in [2.45, 2.75) is 0 Å². The Morgan fingerprint density at radius 2 is 1.54 bits per heavy atom. The third kappa shape index (κ3) is 3.52. The molecule has 7 heteroatoms. The van der Waals surface area contributed by atoms with Crippen LogP contribution in [0.1, 0.15) is 5.82 Å². The van der Waals surface area contributed by atoms with Crippen LogP contribution in [0.4, 0.5) is 5.69 Å². The average Bonchev–Trinajstić information content (AvgIpc) is 3.11. The van der Waals surface area contributed by atoms with Crippen molar-refractivity contribution < 1.29 is 9.47 Å². The fourth-order valence-electron chi connectivity index (χ4n) is 2.10. The summed E-state index contributed by atoms with van der Waals surface area (Å²) in [5.74, 6) is 2.21. The molecule has 1 heterocycles. The zero-order valence-electron chi connectivity index (χ0n) is 13.4. The van der Waals surface area contributed by atoms with Crippen LogP contribution >= 0.6 is 0 Å². The summed E-state index contributed by atoms with van der Waals surface area (Å²) in [7, 11) is 3.27. The van der Waals surface area contributed by atoms with E-state index in [1.165, 1.54) is 0 Å². The molecule has 1 N–H and O–H groups in total. The number of rotatable bonds is 6. The summed E-state index contributed by atoms with van der Waals surface area (Å²) in [4.78, 5) is 0. The first-order valence-electron chi connectivity index (χ1n) is 7.30. The second-order valence-electron chi connectivity index (χ2n) is 4.85. The van der Waals surface area contributed by atoms with Gasteiger partial charge >= 0.3 is 0 Å². The van der Waals surface area contributed by atoms with Crippen molar-refractivity contribution in [2.75, 3.05) is 19.5 Å². The molecular weight excluding hydrogens is 306 g/mol. The predicted octanol–water partition coefficient (Wildman–Crippen LogP) is 2.76. The van der Waals surface area contributed by atoms with E-state index in [1.807, 2.05) is 48.5 Å². The Kier molecular flexibility index (Phi) is 4.71. The van der Waals surface area contributed by atoms with E-state index < -0.39 is 0 Å². The van der Waals surface area contributed by atoms with Crippen molar-refractivity contribution in [3.8, 4) is 17.2 Å². The summed E-state index contributed by atoms with van der Waals surface area (Å²) in [6, 6.07) is 15.1. The predicted molar refractivity (Wildman–Crippen MR) is 91.4 cm³/mol. The Bertz CT molecular complexity index is 810. The van der Waals surface area contributed by atoms with E-state index in [9.17, 15) is 0 Å². The number of ether oxygens (including phenoxy) is 2. The smallest absolute Gasteiger partial charge is 0.181 e. The fraction of sp³-hybridized carbons (Fsp3) is 0.118. The highest BCUT2D eigenvalue weighted by atomic mass is 16.5. The van der Waals surface area contributed by atoms with Gasteiger partial charge in [-0.05, 0) is 59.0 Å². The lowest BCUT2D eigenvalue weighted by molar-refractivity contribution is 0.414. The van der Waals surface area contributed by atoms with Gasteiger partial charge in [-0.15, -0.1) is 5.10 Å². The molecule has 0 aliphatic heterocycles. The van der Waals surface area contributed by atoms with Gasteiger partial charge in [0.25, 0.3) is 0 Å². The molecule has 24 heavy (non-hydrogen) atoms. The highest BCUT2D eigenvalue weighted by molar-refractivity contribution is 5.53. The first-order chi connectivity index (χ1) is 11.8. The Hall–Kier alpha value is -3.35. The highest BCUT2D eigenvalue weighted by Crippen LogP contribution is 2.16. The van der Waals surface area contributed by atoms with Crippen molar-refractivity contribution in [1.82, 2.24) is 20.2 Å². The molecule has 7 nitrogen and oxygen atoms in total. The minimum Gasteiger partial charge on any atom is -0.497 e. The highest BCUT2D eigenvalue weighted by Gasteiger charge is 2.05. The van der Waals surface area contributed by atoms with Crippen molar-refractivity contribution in [3.05, 3.63) is 60.6 Å². The Balaban J connectivity index is 1.72. The summed E-state index contributed by atoms with van der Waals surface area (Å²) < 4.78 is 11.9. The molecule has 0 saturated heterocycles. The molecule has 2 aromatic carbocycles. The number of nitrogens with zero attached hydrogens (tertiary/aromatic N) is 4. The lowest BCUT2D eigenvalue weighted by atomic mass is 10.3. The van der Waals surface area contributed by atoms with Crippen molar-refractivity contribution in [1.29, 1.82) is 0 Å². The normalized spacial score (nSPS) is 10.8. The van der Waals surface area contributed by atoms with Crippen LogP contribution in [-0.2, 0) is 0 Å². The molecule has 0 fully saturated rings. The maximum atomic E-state index is 5.15. The molecule has 3 aromatic rings. The lowest BCUT2D eigenvalue weighted by Crippen LogP contribution is -2.00. The van der Waals surface area contributed by atoms with Crippen LogP contribution in [0, 0.1) is 0 Å². The number of hydrogen-bond donors (Lipinski definition) is 1. The van der Waals surface area contributed by atoms with Crippen LogP contribution in [0.5, 0.6) is 11.5 Å². The molecule has 0 aliphatic rings. The number of anilines is 1. The van der Waals surface area contributed by atoms with Gasteiger partial charge in [0.15, 0.2) is 5.82 Å². The number of aromatic nitrogens is 4. The molecular formula is C17H17N5O2. The minimum atomic E-state index is 0.612. The van der Waals surface area contributed by atoms with Gasteiger partial charge in [0.2, 0.25) is 0 Å². The van der Waals surface area contributed by atoms with E-state index in [0.717, 1.165) is 22.9 Å². The van der Waals surface area contributed by atoms with Crippen molar-refractivity contribution in [3.63, 3.8) is 0 Å². The topological polar surface area (TPSA) is 74.1 Å². The molecule has 0 atom stereocenters. The molecule has 122 valence electrons. The van der Waals surface area contributed by atoms with Crippen molar-refractivity contribution in [2.24, 2.45) is 0 Å². The second kappa shape index (κ2) is 7.28. The number of nitrogens with one attached hydrogen (secondary N) is 1. The Morgan fingerprint density at radius 3 is 2.17 bits per heavy atom. The van der Waals surface area contributed by atoms with Crippen LogP contribution in [-0.4, -0.2) is 34.4 Å². The van der Waals surface area contributed by atoms with E-state index in [0.29, 0.717) is 5.82 Å². The molecule has 0 bridgehead atoms. The van der Waals surface area contributed by atoms with Gasteiger partial charge in [-0.1, -0.05) is 0 Å². The Morgan fingerprint density at radius 1 is 0.917 bits per heavy atom. The summed E-state index contributed by atoms with van der Waals surface area (Å²) in [5.41, 5.74) is 1.79. The number of methoxy groups -OCH3 is 2. The molecule has 1 aromatic heterocycles. The van der Waals surface area contributed by atoms with Gasteiger partial charge in [0, 0.05) is 18.0 Å². The summed E-state index contributed by atoms with van der Waals surface area (Å²) in [6.45, 7) is 0. The van der Waals surface area contributed by atoms with Gasteiger partial charge in [0.05, 0.1) is 19.9 Å². The van der Waals surface area contributed by atoms with Crippen LogP contribution in [0.15, 0.2) is 54.7 Å². The monoisotopic (exact) mass is 323 g/mol. The largest absolute Gasteiger partial charge is 0.497 e. The molecule has 0 spiro atoms. The zero-order valence-corrected chi connectivity index (χ0v) is 13.4. The summed E-state index contributed by atoms with van der Waals surface area (Å²) in [6.07, 6.45) is 3.59. The fourth-order valence-corrected chi connectivity index (χ4v) is 2.10. The molecule has 0 radical (unpaired) electrons. The quantitative estimate of drug-likeness (QED) is 0.752. The first kappa shape index (κ1) is 15.5. The molecule has 3 rings (SSSR count). The lowest BCUT2D eigenvalue weighted by Gasteiger charge is -2.04.